The number of carbonyl (C=O) groups is 1. The summed E-state index contributed by atoms with van der Waals surface area (Å²) in [5.41, 5.74) is 0.232. The van der Waals surface area contributed by atoms with Crippen LogP contribution in [0.2, 0.25) is 0 Å². The molecule has 1 aromatic heterocycles. The molecule has 2 N–H and O–H groups in total. The molecule has 178 valence electrons. The highest BCUT2D eigenvalue weighted by Gasteiger charge is 2.24. The molecule has 0 saturated carbocycles. The number of amides is 1. The van der Waals surface area contributed by atoms with Crippen molar-refractivity contribution in [3.8, 4) is 11.5 Å². The first-order chi connectivity index (χ1) is 15.7. The third-order valence-electron chi connectivity index (χ3n) is 5.44. The molecule has 0 bridgehead atoms. The van der Waals surface area contributed by atoms with Gasteiger partial charge in [-0.15, -0.1) is 0 Å². The minimum Gasteiger partial charge on any atom is -0.444 e. The van der Waals surface area contributed by atoms with E-state index in [-0.39, 0.29) is 6.10 Å². The Kier molecular flexibility index (Phi) is 8.44. The van der Waals surface area contributed by atoms with Gasteiger partial charge in [0.2, 0.25) is 0 Å². The fourth-order valence-corrected chi connectivity index (χ4v) is 3.64. The van der Waals surface area contributed by atoms with Gasteiger partial charge in [0.25, 0.3) is 5.89 Å². The summed E-state index contributed by atoms with van der Waals surface area (Å²) in [4.78, 5) is 17.0. The number of hydrogen-bond donors (Lipinski definition) is 2. The van der Waals surface area contributed by atoms with Crippen LogP contribution in [0.15, 0.2) is 47.0 Å². The van der Waals surface area contributed by atoms with E-state index in [0.717, 1.165) is 48.4 Å². The van der Waals surface area contributed by atoms with E-state index in [1.54, 1.807) is 0 Å². The molecule has 0 aliphatic carbocycles. The van der Waals surface area contributed by atoms with Crippen LogP contribution in [0.3, 0.4) is 0 Å². The van der Waals surface area contributed by atoms with Crippen molar-refractivity contribution in [3.05, 3.63) is 48.3 Å². The molecule has 2 aromatic carbocycles. The van der Waals surface area contributed by atoms with Crippen molar-refractivity contribution >= 4 is 16.9 Å². The zero-order chi connectivity index (χ0) is 23.8. The van der Waals surface area contributed by atoms with Crippen LogP contribution in [-0.4, -0.2) is 33.0 Å². The van der Waals surface area contributed by atoms with Gasteiger partial charge < -0.3 is 19.7 Å². The second-order valence-electron chi connectivity index (χ2n) is 9.42. The van der Waals surface area contributed by atoms with Crippen molar-refractivity contribution in [2.75, 3.05) is 0 Å². The number of alkyl carbamates (subject to hydrolysis) is 1. The summed E-state index contributed by atoms with van der Waals surface area (Å²) in [6, 6.07) is 13.7. The molecule has 7 heteroatoms. The molecular formula is C26H35N3O4. The Morgan fingerprint density at radius 1 is 1.09 bits per heavy atom. The van der Waals surface area contributed by atoms with Crippen LogP contribution in [0.5, 0.6) is 0 Å². The molecule has 0 spiro atoms. The van der Waals surface area contributed by atoms with E-state index < -0.39 is 17.7 Å². The number of ether oxygens (including phenoxy) is 1. The predicted molar refractivity (Wildman–Crippen MR) is 129 cm³/mol. The molecule has 3 rings (SSSR count). The fraction of sp³-hybridized carbons (Fsp3) is 0.500. The van der Waals surface area contributed by atoms with Crippen LogP contribution >= 0.6 is 0 Å². The van der Waals surface area contributed by atoms with Crippen LogP contribution in [0.1, 0.15) is 78.1 Å². The van der Waals surface area contributed by atoms with Gasteiger partial charge in [-0.05, 0) is 62.9 Å². The van der Waals surface area contributed by atoms with Crippen LogP contribution < -0.4 is 5.32 Å². The van der Waals surface area contributed by atoms with E-state index >= 15 is 0 Å². The van der Waals surface area contributed by atoms with E-state index in [1.165, 1.54) is 0 Å². The number of nitrogens with zero attached hydrogens (tertiary/aromatic N) is 2. The second-order valence-corrected chi connectivity index (χ2v) is 9.42. The Labute approximate surface area is 195 Å². The number of rotatable bonds is 10. The lowest BCUT2D eigenvalue weighted by Crippen LogP contribution is -2.35. The van der Waals surface area contributed by atoms with E-state index in [1.807, 2.05) is 64.1 Å². The third kappa shape index (κ3) is 7.56. The maximum atomic E-state index is 12.4. The van der Waals surface area contributed by atoms with Crippen LogP contribution in [0, 0.1) is 0 Å². The van der Waals surface area contributed by atoms with E-state index in [0.29, 0.717) is 18.1 Å². The largest absolute Gasteiger partial charge is 0.444 e. The molecule has 0 saturated heterocycles. The maximum absolute atomic E-state index is 12.4. The SMILES string of the molecule is CCC(O)CCCCC[C@H](NC(=O)OC(C)(C)C)c1noc(-c2ccc3ccccc3c2)n1. The Morgan fingerprint density at radius 3 is 2.55 bits per heavy atom. The van der Waals surface area contributed by atoms with Crippen LogP contribution in [0.25, 0.3) is 22.2 Å². The number of fused-ring (bicyclic) bond motifs is 1. The highest BCUT2D eigenvalue weighted by atomic mass is 16.6. The first-order valence-electron chi connectivity index (χ1n) is 11.8. The topological polar surface area (TPSA) is 97.5 Å². The summed E-state index contributed by atoms with van der Waals surface area (Å²) in [5, 5.41) is 19.0. The van der Waals surface area contributed by atoms with E-state index in [4.69, 9.17) is 9.26 Å². The molecule has 7 nitrogen and oxygen atoms in total. The molecule has 1 heterocycles. The van der Waals surface area contributed by atoms with Crippen LogP contribution in [0.4, 0.5) is 4.79 Å². The summed E-state index contributed by atoms with van der Waals surface area (Å²) in [7, 11) is 0. The third-order valence-corrected chi connectivity index (χ3v) is 5.44. The first-order valence-corrected chi connectivity index (χ1v) is 11.8. The number of aliphatic hydroxyl groups excluding tert-OH is 1. The van der Waals surface area contributed by atoms with Crippen molar-refractivity contribution in [2.45, 2.75) is 84.0 Å². The van der Waals surface area contributed by atoms with E-state index in [2.05, 4.69) is 21.5 Å². The monoisotopic (exact) mass is 453 g/mol. The molecule has 33 heavy (non-hydrogen) atoms. The molecule has 1 unspecified atom stereocenters. The number of unbranched alkanes of at least 4 members (excludes halogenated alkanes) is 2. The zero-order valence-corrected chi connectivity index (χ0v) is 20.0. The van der Waals surface area contributed by atoms with Gasteiger partial charge in [0.05, 0.1) is 12.1 Å². The van der Waals surface area contributed by atoms with Crippen molar-refractivity contribution in [2.24, 2.45) is 0 Å². The van der Waals surface area contributed by atoms with Gasteiger partial charge in [-0.3, -0.25) is 0 Å². The van der Waals surface area contributed by atoms with E-state index in [9.17, 15) is 9.90 Å². The second kappa shape index (κ2) is 11.3. The van der Waals surface area contributed by atoms with Gasteiger partial charge in [-0.2, -0.15) is 4.98 Å². The molecule has 1 amide bonds. The molecule has 0 radical (unpaired) electrons. The van der Waals surface area contributed by atoms with Crippen molar-refractivity contribution in [3.63, 3.8) is 0 Å². The molecule has 0 fully saturated rings. The van der Waals surface area contributed by atoms with Crippen molar-refractivity contribution in [1.82, 2.24) is 15.5 Å². The molecule has 2 atom stereocenters. The van der Waals surface area contributed by atoms with Gasteiger partial charge in [0, 0.05) is 5.56 Å². The Bertz CT molecular complexity index is 1040. The van der Waals surface area contributed by atoms with Gasteiger partial charge in [-0.1, -0.05) is 61.7 Å². The lowest BCUT2D eigenvalue weighted by molar-refractivity contribution is 0.0497. The summed E-state index contributed by atoms with van der Waals surface area (Å²) < 4.78 is 11.0. The lowest BCUT2D eigenvalue weighted by atomic mass is 10.0. The average molecular weight is 454 g/mol. The van der Waals surface area contributed by atoms with Crippen molar-refractivity contribution in [1.29, 1.82) is 0 Å². The highest BCUT2D eigenvalue weighted by Crippen LogP contribution is 2.26. The van der Waals surface area contributed by atoms with Crippen LogP contribution in [-0.2, 0) is 4.74 Å². The fourth-order valence-electron chi connectivity index (χ4n) is 3.64. The smallest absolute Gasteiger partial charge is 0.408 e. The number of aromatic nitrogens is 2. The molecular weight excluding hydrogens is 418 g/mol. The lowest BCUT2D eigenvalue weighted by Gasteiger charge is -2.22. The number of carbonyl (C=O) groups excluding carboxylic acids is 1. The maximum Gasteiger partial charge on any atom is 0.408 e. The predicted octanol–water partition coefficient (Wildman–Crippen LogP) is 6.18. The Morgan fingerprint density at radius 2 is 1.82 bits per heavy atom. The highest BCUT2D eigenvalue weighted by molar-refractivity contribution is 5.86. The molecule has 0 aliphatic heterocycles. The number of hydrogen-bond acceptors (Lipinski definition) is 6. The van der Waals surface area contributed by atoms with Gasteiger partial charge in [0.1, 0.15) is 5.60 Å². The normalized spacial score (nSPS) is 13.6. The first kappa shape index (κ1) is 24.7. The Hall–Kier alpha value is -2.93. The summed E-state index contributed by atoms with van der Waals surface area (Å²) in [6.07, 6.45) is 4.18. The van der Waals surface area contributed by atoms with Gasteiger partial charge >= 0.3 is 6.09 Å². The molecule has 0 aliphatic rings. The number of benzene rings is 2. The Balaban J connectivity index is 1.71. The quantitative estimate of drug-likeness (QED) is 0.356. The zero-order valence-electron chi connectivity index (χ0n) is 20.0. The minimum atomic E-state index is -0.599. The summed E-state index contributed by atoms with van der Waals surface area (Å²) >= 11 is 0. The molecule has 3 aromatic rings. The average Bonchev–Trinajstić information content (AvgIpc) is 3.26. The van der Waals surface area contributed by atoms with Crippen molar-refractivity contribution < 1.29 is 19.2 Å². The standard InChI is InChI=1S/C26H35N3O4/c1-5-21(30)13-7-6-8-14-22(27-25(31)32-26(2,3)4)23-28-24(33-29-23)20-16-15-18-11-9-10-12-19(18)17-20/h9-12,15-17,21-22,30H,5-8,13-14H2,1-4H3,(H,27,31)/t21?,22-/m0/s1. The minimum absolute atomic E-state index is 0.248. The number of aliphatic hydroxyl groups is 1. The van der Waals surface area contributed by atoms with Gasteiger partial charge in [0.15, 0.2) is 5.82 Å². The summed E-state index contributed by atoms with van der Waals surface area (Å²) in [6.45, 7) is 7.46. The summed E-state index contributed by atoms with van der Waals surface area (Å²) in [5.74, 6) is 0.843. The number of nitrogens with one attached hydrogen (secondary N) is 1. The van der Waals surface area contributed by atoms with Gasteiger partial charge in [-0.25, -0.2) is 4.79 Å².